The lowest BCUT2D eigenvalue weighted by Gasteiger charge is -2.17. The van der Waals surface area contributed by atoms with E-state index in [0.29, 0.717) is 0 Å². The molecule has 0 fully saturated rings. The second kappa shape index (κ2) is 3.17. The fourth-order valence-corrected chi connectivity index (χ4v) is 2.42. The second-order valence-electron chi connectivity index (χ2n) is 3.18. The Morgan fingerprint density at radius 2 is 1.87 bits per heavy atom. The van der Waals surface area contributed by atoms with Gasteiger partial charge in [-0.15, -0.1) is 0 Å². The van der Waals surface area contributed by atoms with E-state index in [2.05, 4.69) is 0 Å². The van der Waals surface area contributed by atoms with Gasteiger partial charge in [-0.05, 0) is 12.1 Å². The van der Waals surface area contributed by atoms with Crippen LogP contribution in [0.3, 0.4) is 0 Å². The van der Waals surface area contributed by atoms with Crippen LogP contribution in [0.25, 0.3) is 0 Å². The predicted molar refractivity (Wildman–Crippen MR) is 56.0 cm³/mol. The van der Waals surface area contributed by atoms with Gasteiger partial charge in [0.2, 0.25) is 0 Å². The summed E-state index contributed by atoms with van der Waals surface area (Å²) >= 11 is 1.55. The number of rotatable bonds is 0. The van der Waals surface area contributed by atoms with Crippen molar-refractivity contribution in [2.75, 3.05) is 0 Å². The third-order valence-electron chi connectivity index (χ3n) is 2.15. The molecule has 3 rings (SSSR count). The van der Waals surface area contributed by atoms with E-state index in [0.717, 1.165) is 26.0 Å². The summed E-state index contributed by atoms with van der Waals surface area (Å²) in [6.45, 7) is 0. The Morgan fingerprint density at radius 3 is 2.80 bits per heavy atom. The van der Waals surface area contributed by atoms with E-state index in [1.54, 1.807) is 17.8 Å². The average Bonchev–Trinajstić information content (AvgIpc) is 2.26. The Labute approximate surface area is 90.9 Å². The first-order valence-corrected chi connectivity index (χ1v) is 5.32. The first-order valence-electron chi connectivity index (χ1n) is 4.50. The third kappa shape index (κ3) is 1.43. The second-order valence-corrected chi connectivity index (χ2v) is 4.27. The fraction of sp³-hybridized carbons (Fsp3) is 0. The summed E-state index contributed by atoms with van der Waals surface area (Å²) in [6, 6.07) is 9.47. The van der Waals surface area contributed by atoms with E-state index >= 15 is 0 Å². The first kappa shape index (κ1) is 8.61. The monoisotopic (exact) mass is 217 g/mol. The van der Waals surface area contributed by atoms with Crippen LogP contribution in [-0.4, -0.2) is 0 Å². The number of aromatic nitrogens is 1. The highest BCUT2D eigenvalue weighted by molar-refractivity contribution is 7.99. The number of hydrogen-bond donors (Lipinski definition) is 0. The standard InChI is InChI=1S/C11H7NO2S/c13-12-6-5-9-11(7-12)15-10-4-2-1-3-8(10)14-9/h1-7H. The molecule has 0 unspecified atom stereocenters. The Balaban J connectivity index is 2.11. The van der Waals surface area contributed by atoms with Gasteiger partial charge in [0.25, 0.3) is 0 Å². The smallest absolute Gasteiger partial charge is 0.198 e. The van der Waals surface area contributed by atoms with Gasteiger partial charge in [-0.25, -0.2) is 0 Å². The molecule has 74 valence electrons. The van der Waals surface area contributed by atoms with Gasteiger partial charge in [-0.2, -0.15) is 4.73 Å². The molecule has 1 aliphatic heterocycles. The maximum absolute atomic E-state index is 11.1. The molecule has 0 saturated carbocycles. The van der Waals surface area contributed by atoms with Gasteiger partial charge in [0.05, 0.1) is 4.90 Å². The molecule has 2 heterocycles. The molecular formula is C11H7NO2S. The van der Waals surface area contributed by atoms with E-state index in [1.165, 1.54) is 12.4 Å². The SMILES string of the molecule is [O-][n+]1ccc2c(c1)Sc1ccccc1O2. The molecular weight excluding hydrogens is 210 g/mol. The average molecular weight is 217 g/mol. The van der Waals surface area contributed by atoms with E-state index < -0.39 is 0 Å². The minimum Gasteiger partial charge on any atom is -0.619 e. The predicted octanol–water partition coefficient (Wildman–Crippen LogP) is 2.58. The minimum atomic E-state index is 0.741. The van der Waals surface area contributed by atoms with Crippen LogP contribution < -0.4 is 9.47 Å². The Hall–Kier alpha value is -1.68. The van der Waals surface area contributed by atoms with E-state index in [-0.39, 0.29) is 0 Å². The van der Waals surface area contributed by atoms with Crippen LogP contribution in [0.1, 0.15) is 0 Å². The molecule has 0 saturated heterocycles. The summed E-state index contributed by atoms with van der Waals surface area (Å²) < 4.78 is 6.44. The minimum absolute atomic E-state index is 0.741. The highest BCUT2D eigenvalue weighted by atomic mass is 32.2. The molecule has 0 radical (unpaired) electrons. The molecule has 1 aromatic carbocycles. The Morgan fingerprint density at radius 1 is 1.07 bits per heavy atom. The van der Waals surface area contributed by atoms with Crippen molar-refractivity contribution in [1.82, 2.24) is 0 Å². The summed E-state index contributed by atoms with van der Waals surface area (Å²) in [7, 11) is 0. The van der Waals surface area contributed by atoms with E-state index in [4.69, 9.17) is 4.74 Å². The normalized spacial score (nSPS) is 12.5. The summed E-state index contributed by atoms with van der Waals surface area (Å²) in [5.41, 5.74) is 0. The molecule has 0 bridgehead atoms. The zero-order valence-electron chi connectivity index (χ0n) is 7.71. The van der Waals surface area contributed by atoms with Crippen LogP contribution >= 0.6 is 11.8 Å². The lowest BCUT2D eigenvalue weighted by molar-refractivity contribution is -0.607. The molecule has 1 aliphatic rings. The number of fused-ring (bicyclic) bond motifs is 2. The number of hydrogen-bond acceptors (Lipinski definition) is 3. The number of ether oxygens (including phenoxy) is 1. The van der Waals surface area contributed by atoms with Crippen molar-refractivity contribution in [3.05, 3.63) is 47.9 Å². The molecule has 1 aromatic heterocycles. The van der Waals surface area contributed by atoms with E-state index in [9.17, 15) is 5.21 Å². The van der Waals surface area contributed by atoms with Crippen LogP contribution in [0.2, 0.25) is 0 Å². The molecule has 0 amide bonds. The van der Waals surface area contributed by atoms with Gasteiger partial charge in [0.15, 0.2) is 18.1 Å². The van der Waals surface area contributed by atoms with Gasteiger partial charge in [-0.1, -0.05) is 23.9 Å². The van der Waals surface area contributed by atoms with Crippen molar-refractivity contribution in [3.63, 3.8) is 0 Å². The highest BCUT2D eigenvalue weighted by Gasteiger charge is 2.19. The van der Waals surface area contributed by atoms with Crippen LogP contribution in [0, 0.1) is 5.21 Å². The molecule has 2 aromatic rings. The van der Waals surface area contributed by atoms with Crippen molar-refractivity contribution in [2.45, 2.75) is 9.79 Å². The molecule has 4 heteroatoms. The number of para-hydroxylation sites is 1. The topological polar surface area (TPSA) is 36.2 Å². The molecule has 3 nitrogen and oxygen atoms in total. The summed E-state index contributed by atoms with van der Waals surface area (Å²) in [5.74, 6) is 1.59. The van der Waals surface area contributed by atoms with Crippen LogP contribution in [0.15, 0.2) is 52.5 Å². The van der Waals surface area contributed by atoms with Crippen LogP contribution in [-0.2, 0) is 0 Å². The zero-order valence-corrected chi connectivity index (χ0v) is 8.53. The summed E-state index contributed by atoms with van der Waals surface area (Å²) in [6.07, 6.45) is 2.96. The van der Waals surface area contributed by atoms with Crippen molar-refractivity contribution in [1.29, 1.82) is 0 Å². The Bertz CT molecular complexity index is 528. The van der Waals surface area contributed by atoms with Gasteiger partial charge in [-0.3, -0.25) is 0 Å². The maximum atomic E-state index is 11.1. The third-order valence-corrected chi connectivity index (χ3v) is 3.23. The van der Waals surface area contributed by atoms with Gasteiger partial charge in [0, 0.05) is 6.07 Å². The zero-order chi connectivity index (χ0) is 10.3. The van der Waals surface area contributed by atoms with Crippen molar-refractivity contribution < 1.29 is 9.47 Å². The quantitative estimate of drug-likeness (QED) is 0.429. The summed E-state index contributed by atoms with van der Waals surface area (Å²) in [5, 5.41) is 11.1. The number of nitrogens with zero attached hydrogens (tertiary/aromatic N) is 1. The number of benzene rings is 1. The van der Waals surface area contributed by atoms with Gasteiger partial charge in [0.1, 0.15) is 10.6 Å². The molecule has 0 spiro atoms. The van der Waals surface area contributed by atoms with Crippen molar-refractivity contribution >= 4 is 11.8 Å². The van der Waals surface area contributed by atoms with Crippen molar-refractivity contribution in [3.8, 4) is 11.5 Å². The van der Waals surface area contributed by atoms with E-state index in [1.807, 2.05) is 24.3 Å². The van der Waals surface area contributed by atoms with Crippen LogP contribution in [0.4, 0.5) is 0 Å². The fourth-order valence-electron chi connectivity index (χ4n) is 1.46. The number of pyridine rings is 1. The van der Waals surface area contributed by atoms with Gasteiger partial charge >= 0.3 is 0 Å². The molecule has 0 aliphatic carbocycles. The van der Waals surface area contributed by atoms with Crippen LogP contribution in [0.5, 0.6) is 11.5 Å². The Kier molecular flexibility index (Phi) is 1.82. The van der Waals surface area contributed by atoms with Crippen molar-refractivity contribution in [2.24, 2.45) is 0 Å². The van der Waals surface area contributed by atoms with Gasteiger partial charge < -0.3 is 9.94 Å². The molecule has 0 N–H and O–H groups in total. The highest BCUT2D eigenvalue weighted by Crippen LogP contribution is 2.45. The largest absolute Gasteiger partial charge is 0.619 e. The molecule has 0 atom stereocenters. The first-order chi connectivity index (χ1) is 7.33. The lowest BCUT2D eigenvalue weighted by Crippen LogP contribution is -2.24. The lowest BCUT2D eigenvalue weighted by atomic mass is 10.3. The molecule has 15 heavy (non-hydrogen) atoms. The maximum Gasteiger partial charge on any atom is 0.198 e. The summed E-state index contributed by atoms with van der Waals surface area (Å²) in [4.78, 5) is 1.89.